The molecule has 0 fully saturated rings. The van der Waals surface area contributed by atoms with E-state index in [1.165, 1.54) is 4.88 Å². The summed E-state index contributed by atoms with van der Waals surface area (Å²) in [5, 5.41) is 0. The van der Waals surface area contributed by atoms with Crippen molar-refractivity contribution in [3.63, 3.8) is 0 Å². The Balaban J connectivity index is 1.94. The third kappa shape index (κ3) is 3.29. The number of nitrogens with zero attached hydrogens (tertiary/aromatic N) is 4. The van der Waals surface area contributed by atoms with E-state index >= 15 is 0 Å². The van der Waals surface area contributed by atoms with E-state index < -0.39 is 0 Å². The maximum Gasteiger partial charge on any atom is 0.297 e. The van der Waals surface area contributed by atoms with E-state index in [9.17, 15) is 4.79 Å². The molecule has 0 atom stereocenters. The van der Waals surface area contributed by atoms with Crippen molar-refractivity contribution in [2.24, 2.45) is 12.0 Å². The fourth-order valence-electron chi connectivity index (χ4n) is 3.64. The van der Waals surface area contributed by atoms with Gasteiger partial charge in [-0.25, -0.2) is 9.67 Å². The second-order valence-electron chi connectivity index (χ2n) is 6.92. The van der Waals surface area contributed by atoms with Gasteiger partial charge in [0.2, 0.25) is 0 Å². The summed E-state index contributed by atoms with van der Waals surface area (Å²) >= 11 is 1.62. The Labute approximate surface area is 173 Å². The molecule has 2 aromatic carbocycles. The van der Waals surface area contributed by atoms with E-state index in [2.05, 4.69) is 30.5 Å². The molecule has 29 heavy (non-hydrogen) atoms. The lowest BCUT2D eigenvalue weighted by Gasteiger charge is -2.07. The molecule has 0 unspecified atom stereocenters. The lowest BCUT2D eigenvalue weighted by atomic mass is 10.1. The fraction of sp³-hybridized carbons (Fsp3) is 0.217. The highest BCUT2D eigenvalue weighted by molar-refractivity contribution is 7.09. The van der Waals surface area contributed by atoms with Gasteiger partial charge >= 0.3 is 0 Å². The SMILES string of the molecule is CCn1c(-c2ccccc2)c(C)sc1=Nc1c(C)n(C)n(-c2ccccc2)c1=O. The van der Waals surface area contributed by atoms with Gasteiger partial charge in [0.05, 0.1) is 17.1 Å². The highest BCUT2D eigenvalue weighted by Crippen LogP contribution is 2.25. The number of aryl methyl sites for hydroxylation is 1. The molecule has 2 heterocycles. The molecule has 0 aliphatic heterocycles. The van der Waals surface area contributed by atoms with Crippen LogP contribution in [0.4, 0.5) is 5.69 Å². The van der Waals surface area contributed by atoms with Crippen LogP contribution in [0.1, 0.15) is 17.5 Å². The van der Waals surface area contributed by atoms with Crippen molar-refractivity contribution in [3.8, 4) is 16.9 Å². The third-order valence-corrected chi connectivity index (χ3v) is 6.17. The number of benzene rings is 2. The van der Waals surface area contributed by atoms with Crippen molar-refractivity contribution in [1.82, 2.24) is 13.9 Å². The van der Waals surface area contributed by atoms with Crippen LogP contribution in [0.3, 0.4) is 0 Å². The first kappa shape index (κ1) is 19.2. The number of thiazole rings is 1. The predicted octanol–water partition coefficient (Wildman–Crippen LogP) is 4.58. The topological polar surface area (TPSA) is 44.2 Å². The Bertz CT molecular complexity index is 1270. The molecule has 4 rings (SSSR count). The largest absolute Gasteiger partial charge is 0.316 e. The monoisotopic (exact) mass is 404 g/mol. The zero-order valence-electron chi connectivity index (χ0n) is 17.1. The Kier molecular flexibility index (Phi) is 5.11. The molecule has 0 aliphatic rings. The van der Waals surface area contributed by atoms with E-state index in [1.807, 2.05) is 67.2 Å². The summed E-state index contributed by atoms with van der Waals surface area (Å²) in [6.07, 6.45) is 0. The van der Waals surface area contributed by atoms with Crippen LogP contribution in [-0.2, 0) is 13.6 Å². The first-order valence-electron chi connectivity index (χ1n) is 9.67. The predicted molar refractivity (Wildman–Crippen MR) is 119 cm³/mol. The number of aromatic nitrogens is 3. The smallest absolute Gasteiger partial charge is 0.297 e. The first-order chi connectivity index (χ1) is 14.0. The fourth-order valence-corrected chi connectivity index (χ4v) is 4.70. The summed E-state index contributed by atoms with van der Waals surface area (Å²) < 4.78 is 5.72. The van der Waals surface area contributed by atoms with Gasteiger partial charge in [-0.2, -0.15) is 0 Å². The van der Waals surface area contributed by atoms with Crippen LogP contribution in [0.2, 0.25) is 0 Å². The van der Waals surface area contributed by atoms with Crippen molar-refractivity contribution in [2.75, 3.05) is 0 Å². The molecule has 0 spiro atoms. The van der Waals surface area contributed by atoms with Gasteiger partial charge in [-0.05, 0) is 38.5 Å². The molecular weight excluding hydrogens is 380 g/mol. The average molecular weight is 405 g/mol. The molecule has 0 N–H and O–H groups in total. The van der Waals surface area contributed by atoms with Gasteiger partial charge in [0, 0.05) is 18.5 Å². The van der Waals surface area contributed by atoms with Crippen molar-refractivity contribution in [1.29, 1.82) is 0 Å². The Hall–Kier alpha value is -3.12. The first-order valence-corrected chi connectivity index (χ1v) is 10.5. The zero-order valence-corrected chi connectivity index (χ0v) is 17.9. The highest BCUT2D eigenvalue weighted by Gasteiger charge is 2.17. The third-order valence-electron chi connectivity index (χ3n) is 5.17. The molecule has 0 amide bonds. The minimum Gasteiger partial charge on any atom is -0.316 e. The summed E-state index contributed by atoms with van der Waals surface area (Å²) in [5.74, 6) is 0. The second-order valence-corrected chi connectivity index (χ2v) is 8.10. The zero-order chi connectivity index (χ0) is 20.5. The average Bonchev–Trinajstić information content (AvgIpc) is 3.17. The molecule has 148 valence electrons. The van der Waals surface area contributed by atoms with Gasteiger partial charge in [-0.1, -0.05) is 48.5 Å². The molecule has 0 saturated carbocycles. The van der Waals surface area contributed by atoms with Crippen LogP contribution in [0, 0.1) is 13.8 Å². The summed E-state index contributed by atoms with van der Waals surface area (Å²) in [6, 6.07) is 20.0. The Morgan fingerprint density at radius 2 is 1.59 bits per heavy atom. The summed E-state index contributed by atoms with van der Waals surface area (Å²) in [5.41, 5.74) is 4.38. The molecule has 2 aromatic heterocycles. The molecule has 0 saturated heterocycles. The molecule has 0 radical (unpaired) electrons. The van der Waals surface area contributed by atoms with Crippen LogP contribution in [-0.4, -0.2) is 13.9 Å². The van der Waals surface area contributed by atoms with E-state index in [0.717, 1.165) is 34.0 Å². The highest BCUT2D eigenvalue weighted by atomic mass is 32.1. The van der Waals surface area contributed by atoms with Crippen LogP contribution in [0.5, 0.6) is 0 Å². The standard InChI is InChI=1S/C23H24N4OS/c1-5-26-21(18-12-8-6-9-13-18)17(3)29-23(26)24-20-16(2)25(4)27(22(20)28)19-14-10-7-11-15-19/h6-15H,5H2,1-4H3. The Morgan fingerprint density at radius 3 is 2.21 bits per heavy atom. The van der Waals surface area contributed by atoms with Crippen molar-refractivity contribution < 1.29 is 0 Å². The second kappa shape index (κ2) is 7.72. The lowest BCUT2D eigenvalue weighted by Crippen LogP contribution is -2.20. The van der Waals surface area contributed by atoms with Crippen LogP contribution >= 0.6 is 11.3 Å². The van der Waals surface area contributed by atoms with Crippen LogP contribution in [0.15, 0.2) is 70.5 Å². The molecular formula is C23H24N4OS. The van der Waals surface area contributed by atoms with Crippen molar-refractivity contribution >= 4 is 17.0 Å². The molecule has 5 nitrogen and oxygen atoms in total. The van der Waals surface area contributed by atoms with E-state index in [-0.39, 0.29) is 5.56 Å². The molecule has 6 heteroatoms. The van der Waals surface area contributed by atoms with E-state index in [0.29, 0.717) is 5.69 Å². The molecule has 4 aromatic rings. The summed E-state index contributed by atoms with van der Waals surface area (Å²) in [7, 11) is 1.89. The van der Waals surface area contributed by atoms with Gasteiger partial charge < -0.3 is 4.57 Å². The van der Waals surface area contributed by atoms with E-state index in [1.54, 1.807) is 16.0 Å². The number of para-hydroxylation sites is 1. The summed E-state index contributed by atoms with van der Waals surface area (Å²) in [4.78, 5) is 20.1. The normalized spacial score (nSPS) is 11.9. The number of rotatable bonds is 4. The van der Waals surface area contributed by atoms with E-state index in [4.69, 9.17) is 4.99 Å². The number of hydrogen-bond donors (Lipinski definition) is 0. The number of hydrogen-bond acceptors (Lipinski definition) is 3. The van der Waals surface area contributed by atoms with Gasteiger partial charge in [0.25, 0.3) is 5.56 Å². The molecule has 0 aliphatic carbocycles. The lowest BCUT2D eigenvalue weighted by molar-refractivity contribution is 0.630. The maximum atomic E-state index is 13.2. The molecule has 0 bridgehead atoms. The Morgan fingerprint density at radius 1 is 0.966 bits per heavy atom. The maximum absolute atomic E-state index is 13.2. The van der Waals surface area contributed by atoms with Gasteiger partial charge in [-0.3, -0.25) is 9.48 Å². The van der Waals surface area contributed by atoms with Crippen molar-refractivity contribution in [3.05, 3.63) is 86.4 Å². The van der Waals surface area contributed by atoms with Gasteiger partial charge in [-0.15, -0.1) is 11.3 Å². The quantitative estimate of drug-likeness (QED) is 0.491. The van der Waals surface area contributed by atoms with Gasteiger partial charge in [0.15, 0.2) is 10.5 Å². The van der Waals surface area contributed by atoms with Crippen molar-refractivity contribution in [2.45, 2.75) is 27.3 Å². The van der Waals surface area contributed by atoms with Gasteiger partial charge in [0.1, 0.15) is 0 Å². The minimum atomic E-state index is -0.105. The van der Waals surface area contributed by atoms with Crippen LogP contribution < -0.4 is 10.4 Å². The van der Waals surface area contributed by atoms with Crippen LogP contribution in [0.25, 0.3) is 16.9 Å². The summed E-state index contributed by atoms with van der Waals surface area (Å²) in [6.45, 7) is 6.94. The minimum absolute atomic E-state index is 0.105.